The first kappa shape index (κ1) is 16.1. The smallest absolute Gasteiger partial charge is 0.410 e. The number of esters is 1. The lowest BCUT2D eigenvalue weighted by molar-refractivity contribution is -0.151. The molecular weight excluding hydrogens is 270 g/mol. The lowest BCUT2D eigenvalue weighted by Crippen LogP contribution is -2.60. The van der Waals surface area contributed by atoms with E-state index in [9.17, 15) is 9.59 Å². The fourth-order valence-electron chi connectivity index (χ4n) is 3.26. The largest absolute Gasteiger partial charge is 0.466 e. The number of rotatable bonds is 2. The molecule has 1 aliphatic carbocycles. The molecule has 0 radical (unpaired) electrons. The maximum atomic E-state index is 12.0. The molecule has 0 N–H and O–H groups in total. The summed E-state index contributed by atoms with van der Waals surface area (Å²) in [5.41, 5.74) is -0.235. The first-order valence-electron chi connectivity index (χ1n) is 7.89. The van der Waals surface area contributed by atoms with Gasteiger partial charge in [-0.05, 0) is 53.4 Å². The molecular formula is C16H27NO4. The van der Waals surface area contributed by atoms with Gasteiger partial charge in [0.05, 0.1) is 12.5 Å². The van der Waals surface area contributed by atoms with Crippen LogP contribution in [0.3, 0.4) is 0 Å². The highest BCUT2D eigenvalue weighted by Gasteiger charge is 2.48. The zero-order valence-electron chi connectivity index (χ0n) is 13.6. The molecule has 0 aromatic rings. The van der Waals surface area contributed by atoms with Gasteiger partial charge in [0.1, 0.15) is 5.60 Å². The van der Waals surface area contributed by atoms with Gasteiger partial charge in [0.15, 0.2) is 0 Å². The summed E-state index contributed by atoms with van der Waals surface area (Å²) < 4.78 is 10.5. The quantitative estimate of drug-likeness (QED) is 0.735. The molecule has 2 aliphatic rings. The zero-order chi connectivity index (χ0) is 15.7. The maximum Gasteiger partial charge on any atom is 0.410 e. The van der Waals surface area contributed by atoms with E-state index in [1.807, 2.05) is 27.7 Å². The first-order valence-corrected chi connectivity index (χ1v) is 7.89. The van der Waals surface area contributed by atoms with Crippen LogP contribution in [-0.4, -0.2) is 42.3 Å². The Labute approximate surface area is 127 Å². The van der Waals surface area contributed by atoms with E-state index in [1.54, 1.807) is 4.90 Å². The molecule has 1 amide bonds. The van der Waals surface area contributed by atoms with Crippen LogP contribution < -0.4 is 0 Å². The Bertz CT molecular complexity index is 397. The molecule has 1 aliphatic heterocycles. The number of likely N-dealkylation sites (tertiary alicyclic amines) is 1. The van der Waals surface area contributed by atoms with E-state index < -0.39 is 5.60 Å². The standard InChI is InChI=1S/C16H27NO4/c1-5-20-13(18)12-6-8-16(9-7-12)10-17(11-16)14(19)21-15(2,3)4/h12H,5-11H2,1-4H3. The molecule has 1 spiro atoms. The van der Waals surface area contributed by atoms with Gasteiger partial charge < -0.3 is 14.4 Å². The van der Waals surface area contributed by atoms with Crippen LogP contribution in [-0.2, 0) is 14.3 Å². The van der Waals surface area contributed by atoms with Crippen LogP contribution in [0.25, 0.3) is 0 Å². The first-order chi connectivity index (χ1) is 9.75. The third kappa shape index (κ3) is 3.89. The molecule has 1 heterocycles. The van der Waals surface area contributed by atoms with E-state index in [-0.39, 0.29) is 23.4 Å². The van der Waals surface area contributed by atoms with Crippen LogP contribution in [0.4, 0.5) is 4.79 Å². The van der Waals surface area contributed by atoms with Crippen molar-refractivity contribution in [2.45, 2.75) is 59.0 Å². The summed E-state index contributed by atoms with van der Waals surface area (Å²) in [6.07, 6.45) is 3.52. The zero-order valence-corrected chi connectivity index (χ0v) is 13.6. The van der Waals surface area contributed by atoms with E-state index in [2.05, 4.69) is 0 Å². The Balaban J connectivity index is 1.77. The van der Waals surface area contributed by atoms with E-state index in [4.69, 9.17) is 9.47 Å². The average Bonchev–Trinajstić information content (AvgIpc) is 2.34. The third-order valence-electron chi connectivity index (χ3n) is 4.37. The highest BCUT2D eigenvalue weighted by atomic mass is 16.6. The Hall–Kier alpha value is -1.26. The molecule has 2 rings (SSSR count). The van der Waals surface area contributed by atoms with Gasteiger partial charge in [-0.2, -0.15) is 0 Å². The summed E-state index contributed by atoms with van der Waals surface area (Å²) in [5.74, 6) is -0.0122. The summed E-state index contributed by atoms with van der Waals surface area (Å²) in [5, 5.41) is 0. The molecule has 0 unspecified atom stereocenters. The number of hydrogen-bond acceptors (Lipinski definition) is 4. The van der Waals surface area contributed by atoms with Crippen LogP contribution in [0, 0.1) is 11.3 Å². The minimum atomic E-state index is -0.443. The fourth-order valence-corrected chi connectivity index (χ4v) is 3.26. The average molecular weight is 297 g/mol. The van der Waals surface area contributed by atoms with Gasteiger partial charge in [0, 0.05) is 18.5 Å². The topological polar surface area (TPSA) is 55.8 Å². The molecule has 5 heteroatoms. The minimum absolute atomic E-state index is 0.0474. The maximum absolute atomic E-state index is 12.0. The van der Waals surface area contributed by atoms with Crippen molar-refractivity contribution in [1.82, 2.24) is 4.90 Å². The van der Waals surface area contributed by atoms with Gasteiger partial charge in [-0.25, -0.2) is 4.79 Å². The van der Waals surface area contributed by atoms with Crippen molar-refractivity contribution in [1.29, 1.82) is 0 Å². The second-order valence-electron chi connectivity index (χ2n) is 7.36. The lowest BCUT2D eigenvalue weighted by Gasteiger charge is -2.52. The second kappa shape index (κ2) is 5.85. The van der Waals surface area contributed by atoms with Gasteiger partial charge in [0.25, 0.3) is 0 Å². The molecule has 21 heavy (non-hydrogen) atoms. The van der Waals surface area contributed by atoms with Gasteiger partial charge in [0.2, 0.25) is 0 Å². The second-order valence-corrected chi connectivity index (χ2v) is 7.36. The summed E-state index contributed by atoms with van der Waals surface area (Å²) in [4.78, 5) is 25.5. The van der Waals surface area contributed by atoms with Crippen molar-refractivity contribution in [3.8, 4) is 0 Å². The Morgan fingerprint density at radius 1 is 1.19 bits per heavy atom. The Morgan fingerprint density at radius 2 is 1.76 bits per heavy atom. The number of ether oxygens (including phenoxy) is 2. The normalized spacial score (nSPS) is 21.8. The Morgan fingerprint density at radius 3 is 2.24 bits per heavy atom. The summed E-state index contributed by atoms with van der Waals surface area (Å²) >= 11 is 0. The molecule has 1 saturated heterocycles. The molecule has 5 nitrogen and oxygen atoms in total. The van der Waals surface area contributed by atoms with Crippen molar-refractivity contribution in [2.75, 3.05) is 19.7 Å². The minimum Gasteiger partial charge on any atom is -0.466 e. The molecule has 0 atom stereocenters. The van der Waals surface area contributed by atoms with Crippen LogP contribution in [0.1, 0.15) is 53.4 Å². The van der Waals surface area contributed by atoms with E-state index >= 15 is 0 Å². The predicted octanol–water partition coefficient (Wildman–Crippen LogP) is 2.98. The van der Waals surface area contributed by atoms with Crippen molar-refractivity contribution < 1.29 is 19.1 Å². The molecule has 120 valence electrons. The van der Waals surface area contributed by atoms with Crippen LogP contribution in [0.2, 0.25) is 0 Å². The monoisotopic (exact) mass is 297 g/mol. The van der Waals surface area contributed by atoms with Crippen molar-refractivity contribution >= 4 is 12.1 Å². The number of carbonyl (C=O) groups is 2. The summed E-state index contributed by atoms with van der Waals surface area (Å²) in [6, 6.07) is 0. The molecule has 1 saturated carbocycles. The number of amides is 1. The Kier molecular flexibility index (Phi) is 4.49. The van der Waals surface area contributed by atoms with Crippen LogP contribution >= 0.6 is 0 Å². The molecule has 0 aromatic carbocycles. The van der Waals surface area contributed by atoms with Gasteiger partial charge in [-0.3, -0.25) is 4.79 Å². The molecule has 2 fully saturated rings. The summed E-state index contributed by atoms with van der Waals surface area (Å²) in [6.45, 7) is 9.45. The highest BCUT2D eigenvalue weighted by molar-refractivity contribution is 5.72. The van der Waals surface area contributed by atoms with Crippen molar-refractivity contribution in [2.24, 2.45) is 11.3 Å². The van der Waals surface area contributed by atoms with Crippen molar-refractivity contribution in [3.05, 3.63) is 0 Å². The SMILES string of the molecule is CCOC(=O)C1CCC2(CC1)CN(C(=O)OC(C)(C)C)C2. The lowest BCUT2D eigenvalue weighted by atomic mass is 9.66. The third-order valence-corrected chi connectivity index (χ3v) is 4.37. The van der Waals surface area contributed by atoms with Gasteiger partial charge >= 0.3 is 12.1 Å². The van der Waals surface area contributed by atoms with Crippen LogP contribution in [0.15, 0.2) is 0 Å². The number of nitrogens with zero attached hydrogens (tertiary/aromatic N) is 1. The number of hydrogen-bond donors (Lipinski definition) is 0. The van der Waals surface area contributed by atoms with Crippen LogP contribution in [0.5, 0.6) is 0 Å². The predicted molar refractivity (Wildman–Crippen MR) is 78.8 cm³/mol. The highest BCUT2D eigenvalue weighted by Crippen LogP contribution is 2.46. The van der Waals surface area contributed by atoms with Gasteiger partial charge in [-0.1, -0.05) is 0 Å². The van der Waals surface area contributed by atoms with E-state index in [0.29, 0.717) is 6.61 Å². The summed E-state index contributed by atoms with van der Waals surface area (Å²) in [7, 11) is 0. The van der Waals surface area contributed by atoms with Gasteiger partial charge in [-0.15, -0.1) is 0 Å². The molecule has 0 aromatic heterocycles. The van der Waals surface area contributed by atoms with Crippen molar-refractivity contribution in [3.63, 3.8) is 0 Å². The van der Waals surface area contributed by atoms with E-state index in [1.165, 1.54) is 0 Å². The fraction of sp³-hybridized carbons (Fsp3) is 0.875. The van der Waals surface area contributed by atoms with E-state index in [0.717, 1.165) is 38.8 Å². The number of carbonyl (C=O) groups excluding carboxylic acids is 2. The molecule has 0 bridgehead atoms.